The van der Waals surface area contributed by atoms with Crippen LogP contribution in [-0.4, -0.2) is 64.2 Å². The van der Waals surface area contributed by atoms with Gasteiger partial charge in [0, 0.05) is 33.4 Å². The lowest BCUT2D eigenvalue weighted by Gasteiger charge is -2.17. The highest BCUT2D eigenvalue weighted by molar-refractivity contribution is 7.88. The Morgan fingerprint density at radius 2 is 1.77 bits per heavy atom. The average Bonchev–Trinajstić information content (AvgIpc) is 2.43. The van der Waals surface area contributed by atoms with Gasteiger partial charge in [-0.25, -0.2) is 8.42 Å². The van der Waals surface area contributed by atoms with Gasteiger partial charge in [0.25, 0.3) is 0 Å². The van der Waals surface area contributed by atoms with E-state index in [1.807, 2.05) is 31.1 Å². The van der Waals surface area contributed by atoms with Gasteiger partial charge in [-0.05, 0) is 17.7 Å². The van der Waals surface area contributed by atoms with E-state index in [4.69, 9.17) is 0 Å². The van der Waals surface area contributed by atoms with Gasteiger partial charge in [-0.2, -0.15) is 4.31 Å². The SMILES string of the molecule is CN(C)c1ccc(C(O)CNC(=O)CN(C)S(C)(=O)=O)cc1. The molecule has 7 nitrogen and oxygen atoms in total. The van der Waals surface area contributed by atoms with Crippen molar-refractivity contribution in [3.8, 4) is 0 Å². The van der Waals surface area contributed by atoms with E-state index >= 15 is 0 Å². The highest BCUT2D eigenvalue weighted by Crippen LogP contribution is 2.17. The molecule has 0 aliphatic rings. The lowest BCUT2D eigenvalue weighted by Crippen LogP contribution is -2.39. The molecule has 1 aromatic rings. The van der Waals surface area contributed by atoms with E-state index in [2.05, 4.69) is 5.32 Å². The van der Waals surface area contributed by atoms with Crippen LogP contribution in [0.1, 0.15) is 11.7 Å². The molecule has 1 rings (SSSR count). The first-order valence-corrected chi connectivity index (χ1v) is 8.59. The van der Waals surface area contributed by atoms with Gasteiger partial charge in [0.15, 0.2) is 0 Å². The summed E-state index contributed by atoms with van der Waals surface area (Å²) in [6.07, 6.45) is 0.185. The van der Waals surface area contributed by atoms with Crippen LogP contribution >= 0.6 is 0 Å². The van der Waals surface area contributed by atoms with Gasteiger partial charge in [-0.15, -0.1) is 0 Å². The molecule has 0 spiro atoms. The summed E-state index contributed by atoms with van der Waals surface area (Å²) < 4.78 is 23.4. The Hall–Kier alpha value is -1.64. The number of anilines is 1. The van der Waals surface area contributed by atoms with Crippen LogP contribution in [0.5, 0.6) is 0 Å². The first kappa shape index (κ1) is 18.4. The minimum absolute atomic E-state index is 0.0255. The fourth-order valence-electron chi connectivity index (χ4n) is 1.70. The number of carbonyl (C=O) groups is 1. The Kier molecular flexibility index (Phi) is 6.34. The van der Waals surface area contributed by atoms with Crippen LogP contribution in [0, 0.1) is 0 Å². The van der Waals surface area contributed by atoms with Crippen molar-refractivity contribution >= 4 is 21.6 Å². The van der Waals surface area contributed by atoms with Crippen molar-refractivity contribution in [1.29, 1.82) is 0 Å². The standard InChI is InChI=1S/C14H23N3O4S/c1-16(2)12-7-5-11(6-8-12)13(18)9-15-14(19)10-17(3)22(4,20)21/h5-8,13,18H,9-10H2,1-4H3,(H,15,19). The summed E-state index contributed by atoms with van der Waals surface area (Å²) in [5.41, 5.74) is 1.69. The van der Waals surface area contributed by atoms with Crippen molar-refractivity contribution in [3.05, 3.63) is 29.8 Å². The number of likely N-dealkylation sites (N-methyl/N-ethyl adjacent to an activating group) is 1. The maximum absolute atomic E-state index is 11.6. The Morgan fingerprint density at radius 3 is 2.23 bits per heavy atom. The molecule has 0 saturated carbocycles. The van der Waals surface area contributed by atoms with E-state index in [0.717, 1.165) is 16.2 Å². The fraction of sp³-hybridized carbons (Fsp3) is 0.500. The van der Waals surface area contributed by atoms with Gasteiger partial charge >= 0.3 is 0 Å². The van der Waals surface area contributed by atoms with Crippen molar-refractivity contribution in [2.24, 2.45) is 0 Å². The van der Waals surface area contributed by atoms with Gasteiger partial charge in [-0.1, -0.05) is 12.1 Å². The summed E-state index contributed by atoms with van der Waals surface area (Å²) in [5.74, 6) is -0.461. The summed E-state index contributed by atoms with van der Waals surface area (Å²) in [7, 11) is 1.77. The third-order valence-electron chi connectivity index (χ3n) is 3.22. The molecule has 0 radical (unpaired) electrons. The van der Waals surface area contributed by atoms with E-state index in [0.29, 0.717) is 5.56 Å². The molecule has 22 heavy (non-hydrogen) atoms. The molecule has 0 bridgehead atoms. The molecule has 1 unspecified atom stereocenters. The second-order valence-corrected chi connectivity index (χ2v) is 7.41. The third-order valence-corrected chi connectivity index (χ3v) is 4.48. The van der Waals surface area contributed by atoms with Crippen LogP contribution in [0.25, 0.3) is 0 Å². The maximum Gasteiger partial charge on any atom is 0.235 e. The van der Waals surface area contributed by atoms with Crippen LogP contribution < -0.4 is 10.2 Å². The second-order valence-electron chi connectivity index (χ2n) is 5.32. The average molecular weight is 329 g/mol. The summed E-state index contributed by atoms with van der Waals surface area (Å²) in [5, 5.41) is 12.5. The van der Waals surface area contributed by atoms with Crippen molar-refractivity contribution in [2.75, 3.05) is 45.4 Å². The molecule has 0 fully saturated rings. The van der Waals surface area contributed by atoms with Gasteiger partial charge < -0.3 is 15.3 Å². The third kappa shape index (κ3) is 5.63. The van der Waals surface area contributed by atoms with Crippen molar-refractivity contribution in [3.63, 3.8) is 0 Å². The largest absolute Gasteiger partial charge is 0.387 e. The topological polar surface area (TPSA) is 89.9 Å². The number of nitrogens with zero attached hydrogens (tertiary/aromatic N) is 2. The zero-order valence-corrected chi connectivity index (χ0v) is 14.1. The van der Waals surface area contributed by atoms with Crippen LogP contribution in [-0.2, 0) is 14.8 Å². The zero-order chi connectivity index (χ0) is 16.9. The normalized spacial score (nSPS) is 13.0. The lowest BCUT2D eigenvalue weighted by molar-refractivity contribution is -0.121. The monoisotopic (exact) mass is 329 g/mol. The first-order valence-electron chi connectivity index (χ1n) is 6.74. The minimum atomic E-state index is -3.40. The highest BCUT2D eigenvalue weighted by atomic mass is 32.2. The number of aliphatic hydroxyl groups excluding tert-OH is 1. The van der Waals surface area contributed by atoms with Gasteiger partial charge in [0.2, 0.25) is 15.9 Å². The van der Waals surface area contributed by atoms with Crippen LogP contribution in [0.15, 0.2) is 24.3 Å². The molecule has 0 aliphatic carbocycles. The fourth-order valence-corrected chi connectivity index (χ4v) is 2.05. The molecule has 0 aliphatic heterocycles. The number of sulfonamides is 1. The van der Waals surface area contributed by atoms with Crippen molar-refractivity contribution < 1.29 is 18.3 Å². The van der Waals surface area contributed by atoms with Crippen molar-refractivity contribution in [2.45, 2.75) is 6.10 Å². The Bertz CT molecular complexity index is 599. The van der Waals surface area contributed by atoms with Crippen molar-refractivity contribution in [1.82, 2.24) is 9.62 Å². The molecule has 0 saturated heterocycles. The molecule has 0 aromatic heterocycles. The molecule has 1 atom stereocenters. The number of carbonyl (C=O) groups excluding carboxylic acids is 1. The molecule has 124 valence electrons. The number of amides is 1. The molecular formula is C14H23N3O4S. The number of aliphatic hydroxyl groups is 1. The second kappa shape index (κ2) is 7.57. The van der Waals surface area contributed by atoms with E-state index < -0.39 is 22.0 Å². The zero-order valence-electron chi connectivity index (χ0n) is 13.3. The summed E-state index contributed by atoms with van der Waals surface area (Å²) in [4.78, 5) is 13.6. The summed E-state index contributed by atoms with van der Waals surface area (Å²) >= 11 is 0. The lowest BCUT2D eigenvalue weighted by atomic mass is 10.1. The molecular weight excluding hydrogens is 306 g/mol. The molecule has 2 N–H and O–H groups in total. The van der Waals surface area contributed by atoms with E-state index in [9.17, 15) is 18.3 Å². The van der Waals surface area contributed by atoms with E-state index in [1.54, 1.807) is 12.1 Å². The van der Waals surface area contributed by atoms with Gasteiger partial charge in [-0.3, -0.25) is 4.79 Å². The van der Waals surface area contributed by atoms with Crippen LogP contribution in [0.2, 0.25) is 0 Å². The molecule has 8 heteroatoms. The number of hydrogen-bond donors (Lipinski definition) is 2. The number of rotatable bonds is 7. The Morgan fingerprint density at radius 1 is 1.23 bits per heavy atom. The summed E-state index contributed by atoms with van der Waals surface area (Å²) in [6.45, 7) is -0.247. The minimum Gasteiger partial charge on any atom is -0.387 e. The Balaban J connectivity index is 2.52. The van der Waals surface area contributed by atoms with Crippen LogP contribution in [0.3, 0.4) is 0 Å². The summed E-state index contributed by atoms with van der Waals surface area (Å²) in [6, 6.07) is 7.32. The molecule has 1 amide bonds. The number of nitrogens with one attached hydrogen (secondary N) is 1. The number of hydrogen-bond acceptors (Lipinski definition) is 5. The van der Waals surface area contributed by atoms with Gasteiger partial charge in [0.05, 0.1) is 18.9 Å². The number of benzene rings is 1. The smallest absolute Gasteiger partial charge is 0.235 e. The maximum atomic E-state index is 11.6. The Labute approximate surface area is 131 Å². The van der Waals surface area contributed by atoms with Gasteiger partial charge in [0.1, 0.15) is 0 Å². The van der Waals surface area contributed by atoms with Crippen LogP contribution in [0.4, 0.5) is 5.69 Å². The molecule has 1 aromatic carbocycles. The van der Waals surface area contributed by atoms with E-state index in [-0.39, 0.29) is 13.1 Å². The quantitative estimate of drug-likeness (QED) is 0.723. The molecule has 0 heterocycles. The predicted molar refractivity (Wildman–Crippen MR) is 86.2 cm³/mol. The van der Waals surface area contributed by atoms with E-state index in [1.165, 1.54) is 7.05 Å². The highest BCUT2D eigenvalue weighted by Gasteiger charge is 2.16. The predicted octanol–water partition coefficient (Wildman–Crippen LogP) is -0.206. The first-order chi connectivity index (χ1) is 10.1.